The highest BCUT2D eigenvalue weighted by molar-refractivity contribution is 7.99. The van der Waals surface area contributed by atoms with Gasteiger partial charge in [-0.05, 0) is 11.6 Å². The Morgan fingerprint density at radius 2 is 2.22 bits per heavy atom. The summed E-state index contributed by atoms with van der Waals surface area (Å²) in [5.74, 6) is -1.12. The fraction of sp³-hybridized carbons (Fsp3) is 0.182. The van der Waals surface area contributed by atoms with Gasteiger partial charge < -0.3 is 9.63 Å². The molecule has 7 heteroatoms. The number of nitrogens with zero attached hydrogens (tertiary/aromatic N) is 2. The number of thioether (sulfide) groups is 1. The molecule has 0 aliphatic heterocycles. The Labute approximate surface area is 106 Å². The number of carboxylic acids is 1. The van der Waals surface area contributed by atoms with Gasteiger partial charge in [-0.25, -0.2) is 4.39 Å². The first-order valence-corrected chi connectivity index (χ1v) is 6.04. The van der Waals surface area contributed by atoms with Crippen molar-refractivity contribution in [1.29, 1.82) is 0 Å². The maximum Gasteiger partial charge on any atom is 0.314 e. The number of aromatic nitrogens is 2. The minimum atomic E-state index is -0.964. The van der Waals surface area contributed by atoms with Gasteiger partial charge >= 0.3 is 5.97 Å². The molecule has 94 valence electrons. The Morgan fingerprint density at radius 1 is 1.44 bits per heavy atom. The van der Waals surface area contributed by atoms with Crippen LogP contribution in [0.15, 0.2) is 34.0 Å². The van der Waals surface area contributed by atoms with Crippen molar-refractivity contribution >= 4 is 17.7 Å². The third-order valence-corrected chi connectivity index (χ3v) is 2.88. The van der Waals surface area contributed by atoms with Crippen molar-refractivity contribution in [2.24, 2.45) is 0 Å². The van der Waals surface area contributed by atoms with Gasteiger partial charge in [0.15, 0.2) is 5.82 Å². The lowest BCUT2D eigenvalue weighted by Crippen LogP contribution is -1.97. The maximum atomic E-state index is 13.4. The van der Waals surface area contributed by atoms with Crippen LogP contribution in [0.25, 0.3) is 0 Å². The lowest BCUT2D eigenvalue weighted by atomic mass is 10.1. The van der Waals surface area contributed by atoms with E-state index in [4.69, 9.17) is 9.63 Å². The monoisotopic (exact) mass is 268 g/mol. The highest BCUT2D eigenvalue weighted by Gasteiger charge is 2.11. The van der Waals surface area contributed by atoms with Crippen molar-refractivity contribution in [1.82, 2.24) is 10.1 Å². The van der Waals surface area contributed by atoms with Crippen molar-refractivity contribution in [3.05, 3.63) is 41.5 Å². The van der Waals surface area contributed by atoms with Crippen LogP contribution in [0, 0.1) is 5.82 Å². The number of hydrogen-bond acceptors (Lipinski definition) is 5. The second-order valence-electron chi connectivity index (χ2n) is 3.43. The Hall–Kier alpha value is -1.89. The standard InChI is InChI=1S/C11H9FN2O3S/c12-8-4-2-1-3-7(8)5-9-13-11(17-14-9)18-6-10(15)16/h1-4H,5-6H2,(H,15,16). The van der Waals surface area contributed by atoms with Crippen molar-refractivity contribution in [2.45, 2.75) is 11.6 Å². The first-order valence-electron chi connectivity index (χ1n) is 5.06. The molecule has 0 bridgehead atoms. The van der Waals surface area contributed by atoms with Crippen LogP contribution in [0.4, 0.5) is 4.39 Å². The highest BCUT2D eigenvalue weighted by atomic mass is 32.2. The van der Waals surface area contributed by atoms with Crippen LogP contribution in [-0.4, -0.2) is 27.0 Å². The molecule has 1 aromatic heterocycles. The summed E-state index contributed by atoms with van der Waals surface area (Å²) in [6, 6.07) is 6.31. The van der Waals surface area contributed by atoms with Crippen LogP contribution in [0.1, 0.15) is 11.4 Å². The summed E-state index contributed by atoms with van der Waals surface area (Å²) in [6.07, 6.45) is 0.212. The summed E-state index contributed by atoms with van der Waals surface area (Å²) in [7, 11) is 0. The van der Waals surface area contributed by atoms with E-state index in [0.29, 0.717) is 11.4 Å². The molecule has 18 heavy (non-hydrogen) atoms. The van der Waals surface area contributed by atoms with Crippen molar-refractivity contribution in [3.63, 3.8) is 0 Å². The second-order valence-corrected chi connectivity index (χ2v) is 4.35. The van der Waals surface area contributed by atoms with Crippen molar-refractivity contribution < 1.29 is 18.8 Å². The number of rotatable bonds is 5. The molecular weight excluding hydrogens is 259 g/mol. The van der Waals surface area contributed by atoms with E-state index in [1.165, 1.54) is 6.07 Å². The van der Waals surface area contributed by atoms with Crippen LogP contribution in [0.5, 0.6) is 0 Å². The summed E-state index contributed by atoms with van der Waals surface area (Å²) >= 11 is 0.931. The molecule has 0 unspecified atom stereocenters. The van der Waals surface area contributed by atoms with Gasteiger partial charge in [0.2, 0.25) is 0 Å². The summed E-state index contributed by atoms with van der Waals surface area (Å²) in [5.41, 5.74) is 0.466. The molecule has 0 atom stereocenters. The molecule has 1 aromatic carbocycles. The summed E-state index contributed by atoms with van der Waals surface area (Å²) in [4.78, 5) is 14.3. The number of hydrogen-bond donors (Lipinski definition) is 1. The third-order valence-electron chi connectivity index (χ3n) is 2.07. The minimum absolute atomic E-state index is 0.151. The molecule has 0 saturated heterocycles. The van der Waals surface area contributed by atoms with Crippen LogP contribution in [0.2, 0.25) is 0 Å². The van der Waals surface area contributed by atoms with Gasteiger partial charge in [-0.3, -0.25) is 4.79 Å². The van der Waals surface area contributed by atoms with E-state index in [9.17, 15) is 9.18 Å². The van der Waals surface area contributed by atoms with Gasteiger partial charge in [-0.2, -0.15) is 4.98 Å². The Kier molecular flexibility index (Phi) is 3.93. The van der Waals surface area contributed by atoms with Gasteiger partial charge in [0.1, 0.15) is 11.6 Å². The molecular formula is C11H9FN2O3S. The van der Waals surface area contributed by atoms with Gasteiger partial charge in [0, 0.05) is 6.42 Å². The quantitative estimate of drug-likeness (QED) is 0.835. The molecule has 5 nitrogen and oxygen atoms in total. The topological polar surface area (TPSA) is 76.2 Å². The number of carbonyl (C=O) groups is 1. The fourth-order valence-electron chi connectivity index (χ4n) is 1.30. The van der Waals surface area contributed by atoms with Crippen molar-refractivity contribution in [3.8, 4) is 0 Å². The Balaban J connectivity index is 2.02. The molecule has 0 amide bonds. The fourth-order valence-corrected chi connectivity index (χ4v) is 1.81. The molecule has 2 rings (SSSR count). The van der Waals surface area contributed by atoms with Crippen LogP contribution < -0.4 is 0 Å². The lowest BCUT2D eigenvalue weighted by Gasteiger charge is -1.97. The second kappa shape index (κ2) is 5.63. The first kappa shape index (κ1) is 12.6. The zero-order valence-corrected chi connectivity index (χ0v) is 9.98. The van der Waals surface area contributed by atoms with E-state index in [-0.39, 0.29) is 23.2 Å². The van der Waals surface area contributed by atoms with E-state index in [1.807, 2.05) is 0 Å². The number of carboxylic acid groups (broad SMARTS) is 1. The summed E-state index contributed by atoms with van der Waals surface area (Å²) < 4.78 is 18.2. The minimum Gasteiger partial charge on any atom is -0.481 e. The van der Waals surface area contributed by atoms with Crippen LogP contribution >= 0.6 is 11.8 Å². The Bertz CT molecular complexity index is 559. The zero-order valence-electron chi connectivity index (χ0n) is 9.17. The van der Waals surface area contributed by atoms with Gasteiger partial charge in [-0.1, -0.05) is 35.1 Å². The molecule has 1 N–H and O–H groups in total. The van der Waals surface area contributed by atoms with E-state index < -0.39 is 5.97 Å². The zero-order chi connectivity index (χ0) is 13.0. The van der Waals surface area contributed by atoms with Gasteiger partial charge in [0.25, 0.3) is 5.22 Å². The summed E-state index contributed by atoms with van der Waals surface area (Å²) in [6.45, 7) is 0. The van der Waals surface area contributed by atoms with Crippen LogP contribution in [-0.2, 0) is 11.2 Å². The first-order chi connectivity index (χ1) is 8.65. The average Bonchev–Trinajstić information content (AvgIpc) is 2.77. The van der Waals surface area contributed by atoms with E-state index >= 15 is 0 Å². The predicted molar refractivity (Wildman–Crippen MR) is 61.9 cm³/mol. The largest absolute Gasteiger partial charge is 0.481 e. The summed E-state index contributed by atoms with van der Waals surface area (Å²) in [5, 5.41) is 12.3. The van der Waals surface area contributed by atoms with Gasteiger partial charge in [0.05, 0.1) is 0 Å². The number of halogens is 1. The van der Waals surface area contributed by atoms with Crippen LogP contribution in [0.3, 0.4) is 0 Å². The molecule has 0 fully saturated rings. The molecule has 1 heterocycles. The van der Waals surface area contributed by atoms with E-state index in [2.05, 4.69) is 10.1 Å². The highest BCUT2D eigenvalue weighted by Crippen LogP contribution is 2.17. The average molecular weight is 268 g/mol. The maximum absolute atomic E-state index is 13.4. The Morgan fingerprint density at radius 3 is 2.94 bits per heavy atom. The molecule has 0 saturated carbocycles. The van der Waals surface area contributed by atoms with Crippen molar-refractivity contribution in [2.75, 3.05) is 5.75 Å². The lowest BCUT2D eigenvalue weighted by molar-refractivity contribution is -0.133. The smallest absolute Gasteiger partial charge is 0.314 e. The van der Waals surface area contributed by atoms with E-state index in [1.54, 1.807) is 18.2 Å². The number of benzene rings is 1. The predicted octanol–water partition coefficient (Wildman–Crippen LogP) is 1.98. The molecule has 0 radical (unpaired) electrons. The molecule has 2 aromatic rings. The SMILES string of the molecule is O=C(O)CSc1nc(Cc2ccccc2F)no1. The normalized spacial score (nSPS) is 10.5. The van der Waals surface area contributed by atoms with Gasteiger partial charge in [-0.15, -0.1) is 0 Å². The third kappa shape index (κ3) is 3.30. The molecule has 0 spiro atoms. The molecule has 0 aliphatic rings. The molecule has 0 aliphatic carbocycles. The number of aliphatic carboxylic acids is 1. The van der Waals surface area contributed by atoms with E-state index in [0.717, 1.165) is 11.8 Å².